The van der Waals surface area contributed by atoms with Crippen LogP contribution in [0.4, 0.5) is 0 Å². The minimum atomic E-state index is -1.08. The molecular weight excluding hydrogens is 250 g/mol. The van der Waals surface area contributed by atoms with Gasteiger partial charge in [0.1, 0.15) is 5.76 Å². The first-order valence-electron chi connectivity index (χ1n) is 6.55. The molecular formula is C13H23NO5. The molecule has 0 bridgehead atoms. The van der Waals surface area contributed by atoms with Crippen molar-refractivity contribution in [3.8, 4) is 0 Å². The summed E-state index contributed by atoms with van der Waals surface area (Å²) in [6.45, 7) is 7.04. The van der Waals surface area contributed by atoms with Gasteiger partial charge < -0.3 is 19.9 Å². The predicted molar refractivity (Wildman–Crippen MR) is 70.4 cm³/mol. The fourth-order valence-corrected chi connectivity index (χ4v) is 1.47. The number of nitrogens with one attached hydrogen (secondary N) is 1. The number of rotatable bonds is 6. The Hall–Kier alpha value is -1.72. The van der Waals surface area contributed by atoms with E-state index in [2.05, 4.69) is 5.32 Å². The lowest BCUT2D eigenvalue weighted by molar-refractivity contribution is -0.137. The average Bonchev–Trinajstić information content (AvgIpc) is 2.85. The first-order chi connectivity index (χ1) is 9.06. The maximum absolute atomic E-state index is 10.7. The van der Waals surface area contributed by atoms with Gasteiger partial charge in [0.15, 0.2) is 0 Å². The zero-order valence-corrected chi connectivity index (χ0v) is 11.8. The van der Waals surface area contributed by atoms with Crippen LogP contribution in [0.15, 0.2) is 11.5 Å². The third-order valence-corrected chi connectivity index (χ3v) is 2.28. The number of aliphatic carboxylic acids is 1. The van der Waals surface area contributed by atoms with E-state index < -0.39 is 5.97 Å². The van der Waals surface area contributed by atoms with Crippen molar-refractivity contribution >= 4 is 11.9 Å². The molecule has 0 unspecified atom stereocenters. The predicted octanol–water partition coefficient (Wildman–Crippen LogP) is 1.66. The number of carbonyl (C=O) groups excluding carboxylic acids is 1. The molecule has 0 saturated carbocycles. The second kappa shape index (κ2) is 10.2. The Morgan fingerprint density at radius 2 is 1.89 bits per heavy atom. The number of carboxylic acid groups (broad SMARTS) is 1. The summed E-state index contributed by atoms with van der Waals surface area (Å²) >= 11 is 0. The molecule has 0 spiro atoms. The minimum Gasteiger partial charge on any atom is -0.494 e. The van der Waals surface area contributed by atoms with E-state index in [1.807, 2.05) is 6.92 Å². The van der Waals surface area contributed by atoms with Gasteiger partial charge in [-0.1, -0.05) is 6.92 Å². The Balaban J connectivity index is 0.000000443. The van der Waals surface area contributed by atoms with Crippen molar-refractivity contribution in [1.29, 1.82) is 0 Å². The Labute approximate surface area is 113 Å². The summed E-state index contributed by atoms with van der Waals surface area (Å²) in [4.78, 5) is 20.8. The monoisotopic (exact) mass is 273 g/mol. The molecule has 2 N–H and O–H groups in total. The molecule has 1 rings (SSSR count). The van der Waals surface area contributed by atoms with Gasteiger partial charge in [0.25, 0.3) is 0 Å². The summed E-state index contributed by atoms with van der Waals surface area (Å²) in [6.07, 6.45) is 2.29. The Morgan fingerprint density at radius 3 is 2.16 bits per heavy atom. The summed E-state index contributed by atoms with van der Waals surface area (Å²) in [5.74, 6) is -0.550. The smallest absolute Gasteiger partial charge is 0.374 e. The molecule has 1 saturated heterocycles. The number of ether oxygens (including phenoxy) is 2. The van der Waals surface area contributed by atoms with Crippen LogP contribution in [0.5, 0.6) is 0 Å². The van der Waals surface area contributed by atoms with Crippen molar-refractivity contribution in [2.45, 2.75) is 40.0 Å². The third-order valence-electron chi connectivity index (χ3n) is 2.28. The Morgan fingerprint density at radius 1 is 1.26 bits per heavy atom. The standard InChI is InChI=1S/C9H16O4.C4H7NO/c1-4-7(12-5-2)8(9(10)11)13-6-3;6-4-2-1-3-5-4/h4-6H2,1-3H3,(H,10,11);1-3H2,(H,5,6)/b8-7-;. The second-order valence-corrected chi connectivity index (χ2v) is 3.73. The molecule has 0 atom stereocenters. The number of hydrogen-bond donors (Lipinski definition) is 2. The lowest BCUT2D eigenvalue weighted by atomic mass is 10.3. The summed E-state index contributed by atoms with van der Waals surface area (Å²) < 4.78 is 10.1. The van der Waals surface area contributed by atoms with Crippen LogP contribution >= 0.6 is 0 Å². The summed E-state index contributed by atoms with van der Waals surface area (Å²) in [7, 11) is 0. The van der Waals surface area contributed by atoms with E-state index in [4.69, 9.17) is 14.6 Å². The van der Waals surface area contributed by atoms with E-state index in [9.17, 15) is 9.59 Å². The summed E-state index contributed by atoms with van der Waals surface area (Å²) in [5.41, 5.74) is 0. The van der Waals surface area contributed by atoms with Crippen LogP contribution in [0, 0.1) is 0 Å². The van der Waals surface area contributed by atoms with Crippen molar-refractivity contribution in [2.24, 2.45) is 0 Å². The molecule has 1 aliphatic heterocycles. The number of amides is 1. The number of allylic oxidation sites excluding steroid dienone is 1. The van der Waals surface area contributed by atoms with Crippen molar-refractivity contribution in [3.63, 3.8) is 0 Å². The van der Waals surface area contributed by atoms with Gasteiger partial charge in [-0.3, -0.25) is 4.79 Å². The van der Waals surface area contributed by atoms with Crippen molar-refractivity contribution in [2.75, 3.05) is 19.8 Å². The maximum atomic E-state index is 10.7. The fraction of sp³-hybridized carbons (Fsp3) is 0.692. The molecule has 0 radical (unpaired) electrons. The van der Waals surface area contributed by atoms with Crippen LogP contribution < -0.4 is 5.32 Å². The molecule has 110 valence electrons. The molecule has 0 aliphatic carbocycles. The molecule has 1 aliphatic rings. The first kappa shape index (κ1) is 17.3. The second-order valence-electron chi connectivity index (χ2n) is 3.73. The summed E-state index contributed by atoms with van der Waals surface area (Å²) in [5, 5.41) is 11.5. The van der Waals surface area contributed by atoms with Gasteiger partial charge in [-0.25, -0.2) is 4.79 Å². The molecule has 1 fully saturated rings. The summed E-state index contributed by atoms with van der Waals surface area (Å²) in [6, 6.07) is 0. The van der Waals surface area contributed by atoms with Gasteiger partial charge in [0.2, 0.25) is 11.7 Å². The molecule has 0 aromatic heterocycles. The highest BCUT2D eigenvalue weighted by Gasteiger charge is 2.15. The topological polar surface area (TPSA) is 84.9 Å². The normalized spacial score (nSPS) is 14.8. The van der Waals surface area contributed by atoms with E-state index in [1.165, 1.54) is 0 Å². The van der Waals surface area contributed by atoms with Crippen LogP contribution in [0.2, 0.25) is 0 Å². The lowest BCUT2D eigenvalue weighted by Gasteiger charge is -2.10. The number of carbonyl (C=O) groups is 2. The SMILES string of the molecule is CCO/C(CC)=C(\OCC)C(=O)O.O=C1CCCN1. The van der Waals surface area contributed by atoms with Crippen LogP contribution in [0.1, 0.15) is 40.0 Å². The van der Waals surface area contributed by atoms with E-state index >= 15 is 0 Å². The molecule has 6 nitrogen and oxygen atoms in total. The Bertz CT molecular complexity index is 317. The minimum absolute atomic E-state index is 0.0770. The molecule has 19 heavy (non-hydrogen) atoms. The number of carboxylic acids is 1. The molecule has 1 amide bonds. The molecule has 0 aromatic rings. The van der Waals surface area contributed by atoms with E-state index in [-0.39, 0.29) is 11.7 Å². The van der Waals surface area contributed by atoms with Crippen LogP contribution in [0.25, 0.3) is 0 Å². The van der Waals surface area contributed by atoms with Gasteiger partial charge in [0, 0.05) is 19.4 Å². The Kier molecular flexibility index (Phi) is 9.30. The van der Waals surface area contributed by atoms with Crippen molar-refractivity contribution in [3.05, 3.63) is 11.5 Å². The molecule has 6 heteroatoms. The lowest BCUT2D eigenvalue weighted by Crippen LogP contribution is -2.12. The highest BCUT2D eigenvalue weighted by Crippen LogP contribution is 2.12. The third kappa shape index (κ3) is 7.33. The first-order valence-corrected chi connectivity index (χ1v) is 6.55. The van der Waals surface area contributed by atoms with E-state index in [0.29, 0.717) is 25.4 Å². The quantitative estimate of drug-likeness (QED) is 0.568. The van der Waals surface area contributed by atoms with Gasteiger partial charge in [-0.15, -0.1) is 0 Å². The van der Waals surface area contributed by atoms with Crippen molar-refractivity contribution < 1.29 is 24.2 Å². The van der Waals surface area contributed by atoms with Crippen LogP contribution in [-0.2, 0) is 19.1 Å². The van der Waals surface area contributed by atoms with Gasteiger partial charge >= 0.3 is 5.97 Å². The van der Waals surface area contributed by atoms with Gasteiger partial charge in [-0.05, 0) is 20.3 Å². The van der Waals surface area contributed by atoms with Crippen LogP contribution in [0.3, 0.4) is 0 Å². The number of hydrogen-bond acceptors (Lipinski definition) is 4. The van der Waals surface area contributed by atoms with Crippen molar-refractivity contribution in [1.82, 2.24) is 5.32 Å². The highest BCUT2D eigenvalue weighted by atomic mass is 16.5. The van der Waals surface area contributed by atoms with Gasteiger partial charge in [-0.2, -0.15) is 0 Å². The van der Waals surface area contributed by atoms with Gasteiger partial charge in [0.05, 0.1) is 13.2 Å². The highest BCUT2D eigenvalue weighted by molar-refractivity contribution is 5.84. The molecule has 1 heterocycles. The van der Waals surface area contributed by atoms with Crippen LogP contribution in [-0.4, -0.2) is 36.7 Å². The zero-order chi connectivity index (χ0) is 14.7. The maximum Gasteiger partial charge on any atom is 0.374 e. The largest absolute Gasteiger partial charge is 0.494 e. The average molecular weight is 273 g/mol. The fourth-order valence-electron chi connectivity index (χ4n) is 1.47. The van der Waals surface area contributed by atoms with E-state index in [1.54, 1.807) is 13.8 Å². The zero-order valence-electron chi connectivity index (χ0n) is 11.8. The van der Waals surface area contributed by atoms with E-state index in [0.717, 1.165) is 19.4 Å². The molecule has 0 aromatic carbocycles.